The predicted octanol–water partition coefficient (Wildman–Crippen LogP) is 2.76. The van der Waals surface area contributed by atoms with Crippen molar-refractivity contribution in [1.29, 1.82) is 0 Å². The van der Waals surface area contributed by atoms with E-state index in [0.717, 1.165) is 11.1 Å². The van der Waals surface area contributed by atoms with E-state index in [1.807, 2.05) is 30.3 Å². The van der Waals surface area contributed by atoms with Crippen LogP contribution < -0.4 is 0 Å². The molecule has 1 heterocycles. The second-order valence-electron chi connectivity index (χ2n) is 5.11. The molecule has 0 aliphatic carbocycles. The van der Waals surface area contributed by atoms with Gasteiger partial charge in [-0.15, -0.1) is 5.10 Å². The SMILES string of the molecule is O=C(O)Cc1nnn(Cc2ccc(F)cc2)c1-c1ccccc1. The summed E-state index contributed by atoms with van der Waals surface area (Å²) in [6, 6.07) is 15.5. The van der Waals surface area contributed by atoms with E-state index in [9.17, 15) is 9.18 Å². The van der Waals surface area contributed by atoms with Crippen LogP contribution in [0.5, 0.6) is 0 Å². The molecule has 3 rings (SSSR count). The summed E-state index contributed by atoms with van der Waals surface area (Å²) in [5.74, 6) is -1.27. The number of carboxylic acid groups (broad SMARTS) is 1. The lowest BCUT2D eigenvalue weighted by molar-refractivity contribution is -0.136. The number of rotatable bonds is 5. The fourth-order valence-electron chi connectivity index (χ4n) is 2.40. The number of nitrogens with zero attached hydrogens (tertiary/aromatic N) is 3. The van der Waals surface area contributed by atoms with Gasteiger partial charge in [0.25, 0.3) is 0 Å². The van der Waals surface area contributed by atoms with Crippen molar-refractivity contribution in [1.82, 2.24) is 15.0 Å². The third-order valence-corrected chi connectivity index (χ3v) is 3.42. The van der Waals surface area contributed by atoms with Gasteiger partial charge < -0.3 is 5.11 Å². The van der Waals surface area contributed by atoms with E-state index in [-0.39, 0.29) is 12.2 Å². The van der Waals surface area contributed by atoms with Crippen molar-refractivity contribution in [3.05, 3.63) is 71.7 Å². The molecule has 0 saturated heterocycles. The molecular formula is C17H14FN3O2. The number of carbonyl (C=O) groups is 1. The second kappa shape index (κ2) is 6.39. The van der Waals surface area contributed by atoms with E-state index in [4.69, 9.17) is 5.11 Å². The molecule has 0 atom stereocenters. The van der Waals surface area contributed by atoms with Gasteiger partial charge in [-0.1, -0.05) is 47.7 Å². The highest BCUT2D eigenvalue weighted by atomic mass is 19.1. The smallest absolute Gasteiger partial charge is 0.309 e. The minimum Gasteiger partial charge on any atom is -0.481 e. The van der Waals surface area contributed by atoms with Crippen molar-refractivity contribution in [2.24, 2.45) is 0 Å². The maximum absolute atomic E-state index is 13.0. The Balaban J connectivity index is 2.01. The van der Waals surface area contributed by atoms with Crippen LogP contribution in [0.25, 0.3) is 11.3 Å². The van der Waals surface area contributed by atoms with Crippen molar-refractivity contribution in [2.45, 2.75) is 13.0 Å². The Bertz CT molecular complexity index is 814. The molecule has 1 N–H and O–H groups in total. The molecule has 1 aromatic heterocycles. The van der Waals surface area contributed by atoms with Crippen LogP contribution in [0.4, 0.5) is 4.39 Å². The number of carboxylic acids is 1. The summed E-state index contributed by atoms with van der Waals surface area (Å²) < 4.78 is 14.7. The van der Waals surface area contributed by atoms with Crippen LogP contribution in [-0.2, 0) is 17.8 Å². The summed E-state index contributed by atoms with van der Waals surface area (Å²) in [5, 5.41) is 17.1. The first kappa shape index (κ1) is 14.9. The van der Waals surface area contributed by atoms with E-state index >= 15 is 0 Å². The number of benzene rings is 2. The van der Waals surface area contributed by atoms with Gasteiger partial charge in [0.2, 0.25) is 0 Å². The largest absolute Gasteiger partial charge is 0.481 e. The first-order valence-corrected chi connectivity index (χ1v) is 7.07. The molecule has 0 aliphatic heterocycles. The Hall–Kier alpha value is -3.02. The molecular weight excluding hydrogens is 297 g/mol. The molecule has 0 aliphatic rings. The lowest BCUT2D eigenvalue weighted by Gasteiger charge is -2.08. The quantitative estimate of drug-likeness (QED) is 0.786. The van der Waals surface area contributed by atoms with E-state index in [1.165, 1.54) is 12.1 Å². The van der Waals surface area contributed by atoms with Crippen LogP contribution in [0.1, 0.15) is 11.3 Å². The summed E-state index contributed by atoms with van der Waals surface area (Å²) in [6.45, 7) is 0.386. The van der Waals surface area contributed by atoms with Crippen molar-refractivity contribution in [3.63, 3.8) is 0 Å². The van der Waals surface area contributed by atoms with Gasteiger partial charge in [-0.05, 0) is 17.7 Å². The molecule has 3 aromatic rings. The molecule has 0 fully saturated rings. The average Bonchev–Trinajstić information content (AvgIpc) is 2.92. The van der Waals surface area contributed by atoms with E-state index < -0.39 is 5.97 Å². The Morgan fingerprint density at radius 1 is 1.09 bits per heavy atom. The maximum Gasteiger partial charge on any atom is 0.309 e. The molecule has 23 heavy (non-hydrogen) atoms. The number of aliphatic carboxylic acids is 1. The van der Waals surface area contributed by atoms with Crippen LogP contribution in [0.15, 0.2) is 54.6 Å². The molecule has 5 nitrogen and oxygen atoms in total. The third kappa shape index (κ3) is 3.42. The maximum atomic E-state index is 13.0. The molecule has 2 aromatic carbocycles. The highest BCUT2D eigenvalue weighted by molar-refractivity contribution is 5.73. The lowest BCUT2D eigenvalue weighted by atomic mass is 10.1. The molecule has 116 valence electrons. The second-order valence-corrected chi connectivity index (χ2v) is 5.11. The minimum absolute atomic E-state index is 0.201. The summed E-state index contributed by atoms with van der Waals surface area (Å²) in [5.41, 5.74) is 2.77. The number of hydrogen-bond donors (Lipinski definition) is 1. The average molecular weight is 311 g/mol. The van der Waals surface area contributed by atoms with Gasteiger partial charge in [-0.25, -0.2) is 9.07 Å². The van der Waals surface area contributed by atoms with Gasteiger partial charge in [0.15, 0.2) is 0 Å². The summed E-state index contributed by atoms with van der Waals surface area (Å²) in [4.78, 5) is 11.0. The summed E-state index contributed by atoms with van der Waals surface area (Å²) in [6.07, 6.45) is -0.201. The minimum atomic E-state index is -0.962. The molecule has 0 radical (unpaired) electrons. The van der Waals surface area contributed by atoms with Gasteiger partial charge in [-0.2, -0.15) is 0 Å². The Morgan fingerprint density at radius 2 is 1.78 bits per heavy atom. The lowest BCUT2D eigenvalue weighted by Crippen LogP contribution is -2.06. The van der Waals surface area contributed by atoms with Crippen LogP contribution in [0, 0.1) is 5.82 Å². The van der Waals surface area contributed by atoms with Crippen molar-refractivity contribution in [2.75, 3.05) is 0 Å². The molecule has 0 unspecified atom stereocenters. The van der Waals surface area contributed by atoms with Gasteiger partial charge in [-0.3, -0.25) is 4.79 Å². The van der Waals surface area contributed by atoms with Crippen LogP contribution in [0.2, 0.25) is 0 Å². The van der Waals surface area contributed by atoms with Crippen molar-refractivity contribution in [3.8, 4) is 11.3 Å². The number of halogens is 1. The fourth-order valence-corrected chi connectivity index (χ4v) is 2.40. The van der Waals surface area contributed by atoms with Crippen molar-refractivity contribution >= 4 is 5.97 Å². The summed E-state index contributed by atoms with van der Waals surface area (Å²) in [7, 11) is 0. The topological polar surface area (TPSA) is 68.0 Å². The predicted molar refractivity (Wildman–Crippen MR) is 82.3 cm³/mol. The van der Waals surface area contributed by atoms with Crippen LogP contribution in [0.3, 0.4) is 0 Å². The van der Waals surface area contributed by atoms with E-state index in [1.54, 1.807) is 16.8 Å². The van der Waals surface area contributed by atoms with Gasteiger partial charge in [0.1, 0.15) is 11.5 Å². The monoisotopic (exact) mass is 311 g/mol. The number of aromatic nitrogens is 3. The zero-order valence-corrected chi connectivity index (χ0v) is 12.2. The normalized spacial score (nSPS) is 10.7. The zero-order valence-electron chi connectivity index (χ0n) is 12.2. The number of hydrogen-bond acceptors (Lipinski definition) is 3. The molecule has 0 amide bonds. The van der Waals surface area contributed by atoms with Crippen LogP contribution >= 0.6 is 0 Å². The van der Waals surface area contributed by atoms with E-state index in [2.05, 4.69) is 10.3 Å². The first-order valence-electron chi connectivity index (χ1n) is 7.07. The first-order chi connectivity index (χ1) is 11.1. The Morgan fingerprint density at radius 3 is 2.43 bits per heavy atom. The molecule has 0 saturated carbocycles. The van der Waals surface area contributed by atoms with E-state index in [0.29, 0.717) is 17.9 Å². The molecule has 0 bridgehead atoms. The highest BCUT2D eigenvalue weighted by Crippen LogP contribution is 2.23. The van der Waals surface area contributed by atoms with Gasteiger partial charge >= 0.3 is 5.97 Å². The van der Waals surface area contributed by atoms with Gasteiger partial charge in [0, 0.05) is 5.56 Å². The standard InChI is InChI=1S/C17H14FN3O2/c18-14-8-6-12(7-9-14)11-21-17(13-4-2-1-3-5-13)15(19-20-21)10-16(22)23/h1-9H,10-11H2,(H,22,23). The zero-order chi connectivity index (χ0) is 16.2. The Kier molecular flexibility index (Phi) is 4.14. The molecule has 0 spiro atoms. The highest BCUT2D eigenvalue weighted by Gasteiger charge is 2.17. The van der Waals surface area contributed by atoms with Crippen molar-refractivity contribution < 1.29 is 14.3 Å². The van der Waals surface area contributed by atoms with Crippen LogP contribution in [-0.4, -0.2) is 26.1 Å². The third-order valence-electron chi connectivity index (χ3n) is 3.42. The summed E-state index contributed by atoms with van der Waals surface area (Å²) >= 11 is 0. The Labute approximate surface area is 132 Å². The fraction of sp³-hybridized carbons (Fsp3) is 0.118. The molecule has 6 heteroatoms. The van der Waals surface area contributed by atoms with Gasteiger partial charge in [0.05, 0.1) is 18.7 Å².